The molecule has 158 valence electrons. The smallest absolute Gasteiger partial charge is 0.251 e. The van der Waals surface area contributed by atoms with E-state index < -0.39 is 0 Å². The van der Waals surface area contributed by atoms with Crippen molar-refractivity contribution >= 4 is 17.7 Å². The lowest BCUT2D eigenvalue weighted by molar-refractivity contribution is -0.115. The first-order chi connectivity index (χ1) is 14.8. The second kappa shape index (κ2) is 8.07. The minimum absolute atomic E-state index is 0.0108. The molecule has 1 aliphatic rings. The second-order valence-electron chi connectivity index (χ2n) is 8.98. The topological polar surface area (TPSA) is 29.5 Å². The molecule has 1 amide bonds. The van der Waals surface area contributed by atoms with Crippen LogP contribution in [0.1, 0.15) is 43.9 Å². The van der Waals surface area contributed by atoms with Crippen molar-refractivity contribution in [3.05, 3.63) is 102 Å². The van der Waals surface area contributed by atoms with E-state index in [1.807, 2.05) is 47.4 Å². The Hall–Kier alpha value is -3.33. The summed E-state index contributed by atoms with van der Waals surface area (Å²) in [6.45, 7) is 6.60. The van der Waals surface area contributed by atoms with Gasteiger partial charge < -0.3 is 9.64 Å². The molecule has 0 spiro atoms. The fraction of sp³-hybridized carbons (Fsp3) is 0.250. The van der Waals surface area contributed by atoms with Gasteiger partial charge in [-0.05, 0) is 61.2 Å². The normalized spacial score (nSPS) is 19.8. The predicted octanol–water partition coefficient (Wildman–Crippen LogP) is 6.23. The van der Waals surface area contributed by atoms with Gasteiger partial charge >= 0.3 is 0 Å². The molecule has 3 nitrogen and oxygen atoms in total. The van der Waals surface area contributed by atoms with Crippen LogP contribution in [0.4, 0.5) is 5.69 Å². The zero-order chi connectivity index (χ0) is 22.1. The molecule has 0 saturated heterocycles. The van der Waals surface area contributed by atoms with Crippen LogP contribution in [0, 0.1) is 0 Å². The molecule has 0 saturated carbocycles. The summed E-state index contributed by atoms with van der Waals surface area (Å²) in [6.07, 6.45) is 4.38. The van der Waals surface area contributed by atoms with Crippen LogP contribution in [0.15, 0.2) is 84.9 Å². The van der Waals surface area contributed by atoms with E-state index in [9.17, 15) is 4.79 Å². The van der Waals surface area contributed by atoms with Gasteiger partial charge in [0.15, 0.2) is 0 Å². The number of ether oxygens (including phenoxy) is 1. The van der Waals surface area contributed by atoms with Crippen molar-refractivity contribution in [2.75, 3.05) is 12.0 Å². The Morgan fingerprint density at radius 2 is 1.55 bits per heavy atom. The van der Waals surface area contributed by atoms with E-state index in [1.165, 1.54) is 11.1 Å². The molecular weight excluding hydrogens is 382 g/mol. The van der Waals surface area contributed by atoms with Gasteiger partial charge in [0.2, 0.25) is 0 Å². The number of anilines is 1. The number of para-hydroxylation sites is 1. The van der Waals surface area contributed by atoms with Gasteiger partial charge in [-0.1, -0.05) is 67.6 Å². The number of carbonyl (C=O) groups is 1. The first-order valence-corrected chi connectivity index (χ1v) is 10.7. The molecule has 31 heavy (non-hydrogen) atoms. The van der Waals surface area contributed by atoms with Gasteiger partial charge in [-0.2, -0.15) is 0 Å². The zero-order valence-corrected chi connectivity index (χ0v) is 18.6. The second-order valence-corrected chi connectivity index (χ2v) is 8.98. The van der Waals surface area contributed by atoms with Crippen LogP contribution in [0.2, 0.25) is 0 Å². The molecule has 0 fully saturated rings. The average Bonchev–Trinajstić information content (AvgIpc) is 2.78. The zero-order valence-electron chi connectivity index (χ0n) is 18.6. The lowest BCUT2D eigenvalue weighted by atomic mass is 9.65. The van der Waals surface area contributed by atoms with Crippen molar-refractivity contribution in [2.45, 2.75) is 38.1 Å². The Balaban J connectivity index is 1.72. The Morgan fingerprint density at radius 1 is 0.903 bits per heavy atom. The third kappa shape index (κ3) is 3.88. The van der Waals surface area contributed by atoms with Crippen LogP contribution in [-0.2, 0) is 10.2 Å². The van der Waals surface area contributed by atoms with E-state index in [1.54, 1.807) is 13.2 Å². The van der Waals surface area contributed by atoms with E-state index in [0.717, 1.165) is 23.4 Å². The van der Waals surface area contributed by atoms with Crippen LogP contribution < -0.4 is 9.64 Å². The van der Waals surface area contributed by atoms with Crippen LogP contribution in [0.5, 0.6) is 5.75 Å². The molecule has 0 N–H and O–H groups in total. The largest absolute Gasteiger partial charge is 0.497 e. The van der Waals surface area contributed by atoms with Crippen molar-refractivity contribution in [3.63, 3.8) is 0 Å². The van der Waals surface area contributed by atoms with E-state index in [4.69, 9.17) is 4.74 Å². The lowest BCUT2D eigenvalue weighted by Crippen LogP contribution is -2.55. The third-order valence-corrected chi connectivity index (χ3v) is 6.30. The molecule has 0 unspecified atom stereocenters. The van der Waals surface area contributed by atoms with Gasteiger partial charge in [-0.15, -0.1) is 0 Å². The number of rotatable bonds is 4. The monoisotopic (exact) mass is 411 g/mol. The number of fused-ring (bicyclic) bond motifs is 1. The predicted molar refractivity (Wildman–Crippen MR) is 128 cm³/mol. The Bertz CT molecular complexity index is 1100. The number of carbonyl (C=O) groups excluding carboxylic acids is 1. The minimum atomic E-state index is -0.347. The van der Waals surface area contributed by atoms with Crippen molar-refractivity contribution in [1.82, 2.24) is 0 Å². The SMILES string of the molecule is COc1ccc(/C=C/C(=O)N2c3ccccc3[C@](C)(c3ccccc3)CC2(C)C)cc1. The highest BCUT2D eigenvalue weighted by Gasteiger charge is 2.47. The molecule has 0 bridgehead atoms. The third-order valence-electron chi connectivity index (χ3n) is 6.30. The van der Waals surface area contributed by atoms with E-state index >= 15 is 0 Å². The first-order valence-electron chi connectivity index (χ1n) is 10.7. The summed E-state index contributed by atoms with van der Waals surface area (Å²) in [4.78, 5) is 15.4. The van der Waals surface area contributed by atoms with Crippen LogP contribution >= 0.6 is 0 Å². The molecule has 1 aliphatic heterocycles. The maximum absolute atomic E-state index is 13.4. The van der Waals surface area contributed by atoms with E-state index in [-0.39, 0.29) is 16.9 Å². The molecule has 4 rings (SSSR count). The fourth-order valence-electron chi connectivity index (χ4n) is 4.94. The fourth-order valence-corrected chi connectivity index (χ4v) is 4.94. The molecule has 0 aromatic heterocycles. The van der Waals surface area contributed by atoms with Gasteiger partial charge in [0.05, 0.1) is 7.11 Å². The summed E-state index contributed by atoms with van der Waals surface area (Å²) in [7, 11) is 1.65. The van der Waals surface area contributed by atoms with Gasteiger partial charge in [-0.25, -0.2) is 0 Å². The van der Waals surface area contributed by atoms with Crippen LogP contribution in [-0.4, -0.2) is 18.6 Å². The molecular formula is C28H29NO2. The van der Waals surface area contributed by atoms with Gasteiger partial charge in [-0.3, -0.25) is 4.79 Å². The first kappa shape index (κ1) is 20.9. The highest BCUT2D eigenvalue weighted by atomic mass is 16.5. The molecule has 1 atom stereocenters. The Kier molecular flexibility index (Phi) is 5.45. The van der Waals surface area contributed by atoms with Gasteiger partial charge in [0.25, 0.3) is 5.91 Å². The Morgan fingerprint density at radius 3 is 2.23 bits per heavy atom. The molecule has 3 aromatic carbocycles. The molecule has 1 heterocycles. The van der Waals surface area contributed by atoms with E-state index in [2.05, 4.69) is 63.2 Å². The number of benzene rings is 3. The summed E-state index contributed by atoms with van der Waals surface area (Å²) in [5, 5.41) is 0. The van der Waals surface area contributed by atoms with Gasteiger partial charge in [0.1, 0.15) is 5.75 Å². The highest BCUT2D eigenvalue weighted by Crippen LogP contribution is 2.50. The minimum Gasteiger partial charge on any atom is -0.497 e. The quantitative estimate of drug-likeness (QED) is 0.476. The standard InChI is InChI=1S/C28H29NO2/c1-27(2)20-28(3,22-10-6-5-7-11-22)24-12-8-9-13-25(24)29(27)26(30)19-16-21-14-17-23(31-4)18-15-21/h5-19H,20H2,1-4H3/b19-16+/t28-/m0/s1. The summed E-state index contributed by atoms with van der Waals surface area (Å²) in [5.74, 6) is 0.790. The Labute approximate surface area is 185 Å². The van der Waals surface area contributed by atoms with Crippen molar-refractivity contribution in [2.24, 2.45) is 0 Å². The van der Waals surface area contributed by atoms with Crippen molar-refractivity contribution in [1.29, 1.82) is 0 Å². The summed E-state index contributed by atoms with van der Waals surface area (Å²) >= 11 is 0. The van der Waals surface area contributed by atoms with E-state index in [0.29, 0.717) is 0 Å². The number of nitrogens with zero attached hydrogens (tertiary/aromatic N) is 1. The summed E-state index contributed by atoms with van der Waals surface area (Å²) in [6, 6.07) is 26.6. The lowest BCUT2D eigenvalue weighted by Gasteiger charge is -2.51. The molecule has 0 radical (unpaired) electrons. The van der Waals surface area contributed by atoms with Crippen LogP contribution in [0.25, 0.3) is 6.08 Å². The number of hydrogen-bond acceptors (Lipinski definition) is 2. The number of amides is 1. The highest BCUT2D eigenvalue weighted by molar-refractivity contribution is 6.06. The van der Waals surface area contributed by atoms with Crippen molar-refractivity contribution < 1.29 is 9.53 Å². The number of hydrogen-bond donors (Lipinski definition) is 0. The number of methoxy groups -OCH3 is 1. The average molecular weight is 412 g/mol. The van der Waals surface area contributed by atoms with Crippen LogP contribution in [0.3, 0.4) is 0 Å². The maximum atomic E-state index is 13.4. The summed E-state index contributed by atoms with van der Waals surface area (Å²) < 4.78 is 5.21. The van der Waals surface area contributed by atoms with Crippen molar-refractivity contribution in [3.8, 4) is 5.75 Å². The molecule has 3 heteroatoms. The molecule has 3 aromatic rings. The van der Waals surface area contributed by atoms with Gasteiger partial charge in [0, 0.05) is 22.7 Å². The summed E-state index contributed by atoms with van der Waals surface area (Å²) in [5.41, 5.74) is 3.89. The maximum Gasteiger partial charge on any atom is 0.251 e. The molecule has 0 aliphatic carbocycles.